The van der Waals surface area contributed by atoms with Gasteiger partial charge < -0.3 is 4.90 Å². The molecule has 1 heteroatoms. The van der Waals surface area contributed by atoms with E-state index in [4.69, 9.17) is 0 Å². The smallest absolute Gasteiger partial charge is 0.0445 e. The Balaban J connectivity index is 2.48. The highest BCUT2D eigenvalue weighted by Gasteiger charge is 2.10. The van der Waals surface area contributed by atoms with E-state index in [1.165, 1.54) is 16.8 Å². The van der Waals surface area contributed by atoms with E-state index in [1.54, 1.807) is 0 Å². The maximum atomic E-state index is 2.31. The van der Waals surface area contributed by atoms with E-state index in [-0.39, 0.29) is 0 Å². The Hall–Kier alpha value is -1.76. The molecule has 2 aromatic rings. The lowest BCUT2D eigenvalue weighted by Gasteiger charge is -2.26. The Bertz CT molecular complexity index is 474. The van der Waals surface area contributed by atoms with Crippen LogP contribution in [0.25, 0.3) is 11.1 Å². The van der Waals surface area contributed by atoms with Crippen LogP contribution in [0.1, 0.15) is 13.8 Å². The fourth-order valence-corrected chi connectivity index (χ4v) is 1.92. The van der Waals surface area contributed by atoms with Gasteiger partial charge in [-0.1, -0.05) is 48.5 Å². The van der Waals surface area contributed by atoms with Crippen LogP contribution in [0.3, 0.4) is 0 Å². The zero-order chi connectivity index (χ0) is 12.3. The second-order valence-electron chi connectivity index (χ2n) is 4.59. The average Bonchev–Trinajstić information content (AvgIpc) is 2.39. The molecule has 0 aliphatic carbocycles. The van der Waals surface area contributed by atoms with Gasteiger partial charge in [0.1, 0.15) is 0 Å². The Labute approximate surface area is 104 Å². The lowest BCUT2D eigenvalue weighted by molar-refractivity contribution is 0.755. The first-order chi connectivity index (χ1) is 8.20. The molecule has 0 spiro atoms. The Morgan fingerprint density at radius 3 is 2.06 bits per heavy atom. The van der Waals surface area contributed by atoms with E-state index >= 15 is 0 Å². The van der Waals surface area contributed by atoms with E-state index in [0.717, 1.165) is 0 Å². The van der Waals surface area contributed by atoms with Crippen LogP contribution in [0, 0.1) is 0 Å². The molecule has 17 heavy (non-hydrogen) atoms. The van der Waals surface area contributed by atoms with Crippen LogP contribution in [-0.4, -0.2) is 13.1 Å². The Morgan fingerprint density at radius 1 is 0.824 bits per heavy atom. The number of rotatable bonds is 3. The summed E-state index contributed by atoms with van der Waals surface area (Å²) >= 11 is 0. The van der Waals surface area contributed by atoms with E-state index in [0.29, 0.717) is 6.04 Å². The summed E-state index contributed by atoms with van der Waals surface area (Å²) in [6.45, 7) is 4.42. The summed E-state index contributed by atoms with van der Waals surface area (Å²) in [5, 5.41) is 0. The maximum Gasteiger partial charge on any atom is 0.0445 e. The molecule has 0 N–H and O–H groups in total. The molecule has 0 fully saturated rings. The number of anilines is 1. The van der Waals surface area contributed by atoms with Gasteiger partial charge in [0.15, 0.2) is 0 Å². The predicted molar refractivity (Wildman–Crippen MR) is 75.4 cm³/mol. The first kappa shape index (κ1) is 11.7. The molecule has 0 bridgehead atoms. The molecule has 0 saturated heterocycles. The van der Waals surface area contributed by atoms with Gasteiger partial charge in [0.05, 0.1) is 0 Å². The Kier molecular flexibility index (Phi) is 3.48. The lowest BCUT2D eigenvalue weighted by Crippen LogP contribution is -2.26. The highest BCUT2D eigenvalue weighted by atomic mass is 15.1. The summed E-state index contributed by atoms with van der Waals surface area (Å²) in [5.41, 5.74) is 3.86. The maximum absolute atomic E-state index is 2.31. The number of benzene rings is 2. The molecule has 0 amide bonds. The van der Waals surface area contributed by atoms with Crippen molar-refractivity contribution in [2.45, 2.75) is 19.9 Å². The van der Waals surface area contributed by atoms with Crippen LogP contribution in [-0.2, 0) is 0 Å². The summed E-state index contributed by atoms with van der Waals surface area (Å²) in [6.07, 6.45) is 0. The summed E-state index contributed by atoms with van der Waals surface area (Å²) < 4.78 is 0. The second-order valence-corrected chi connectivity index (χ2v) is 4.59. The molecule has 0 atom stereocenters. The predicted octanol–water partition coefficient (Wildman–Crippen LogP) is 4.20. The zero-order valence-electron chi connectivity index (χ0n) is 10.7. The fourth-order valence-electron chi connectivity index (χ4n) is 1.92. The molecule has 0 heterocycles. The van der Waals surface area contributed by atoms with Crippen molar-refractivity contribution in [1.82, 2.24) is 0 Å². The van der Waals surface area contributed by atoms with Gasteiger partial charge in [-0.15, -0.1) is 0 Å². The molecule has 0 aliphatic heterocycles. The van der Waals surface area contributed by atoms with Crippen molar-refractivity contribution in [1.29, 1.82) is 0 Å². The molecular weight excluding hydrogens is 206 g/mol. The van der Waals surface area contributed by atoms with E-state index in [9.17, 15) is 0 Å². The van der Waals surface area contributed by atoms with Crippen LogP contribution >= 0.6 is 0 Å². The normalized spacial score (nSPS) is 10.6. The van der Waals surface area contributed by atoms with Gasteiger partial charge in [0.2, 0.25) is 0 Å². The molecule has 1 nitrogen and oxygen atoms in total. The second kappa shape index (κ2) is 5.05. The number of para-hydroxylation sites is 1. The standard InChI is InChI=1S/C16H19N/c1-13(2)17(3)16-12-8-7-11-15(16)14-9-5-4-6-10-14/h4-13H,1-3H3. The van der Waals surface area contributed by atoms with Crippen molar-refractivity contribution in [3.63, 3.8) is 0 Å². The molecule has 0 aliphatic rings. The lowest BCUT2D eigenvalue weighted by atomic mass is 10.0. The van der Waals surface area contributed by atoms with Gasteiger partial charge in [-0.2, -0.15) is 0 Å². The van der Waals surface area contributed by atoms with Crippen molar-refractivity contribution in [3.8, 4) is 11.1 Å². The topological polar surface area (TPSA) is 3.24 Å². The minimum Gasteiger partial charge on any atom is -0.372 e. The quantitative estimate of drug-likeness (QED) is 0.756. The number of nitrogens with zero attached hydrogens (tertiary/aromatic N) is 1. The van der Waals surface area contributed by atoms with E-state index in [2.05, 4.69) is 80.4 Å². The van der Waals surface area contributed by atoms with Crippen molar-refractivity contribution >= 4 is 5.69 Å². The SMILES string of the molecule is CC(C)N(C)c1ccccc1-c1ccccc1. The van der Waals surface area contributed by atoms with Crippen molar-refractivity contribution in [3.05, 3.63) is 54.6 Å². The molecule has 0 aromatic heterocycles. The van der Waals surface area contributed by atoms with Crippen molar-refractivity contribution in [2.75, 3.05) is 11.9 Å². The van der Waals surface area contributed by atoms with Crippen LogP contribution in [0.5, 0.6) is 0 Å². The molecule has 0 radical (unpaired) electrons. The molecular formula is C16H19N. The molecule has 2 aromatic carbocycles. The minimum atomic E-state index is 0.500. The summed E-state index contributed by atoms with van der Waals surface area (Å²) in [6, 6.07) is 19.6. The van der Waals surface area contributed by atoms with Gasteiger partial charge in [0.25, 0.3) is 0 Å². The first-order valence-corrected chi connectivity index (χ1v) is 6.07. The number of hydrogen-bond donors (Lipinski definition) is 0. The highest BCUT2D eigenvalue weighted by molar-refractivity contribution is 5.78. The summed E-state index contributed by atoms with van der Waals surface area (Å²) in [7, 11) is 2.15. The molecule has 2 rings (SSSR count). The van der Waals surface area contributed by atoms with Gasteiger partial charge >= 0.3 is 0 Å². The fraction of sp³-hybridized carbons (Fsp3) is 0.250. The van der Waals surface area contributed by atoms with Crippen molar-refractivity contribution < 1.29 is 0 Å². The monoisotopic (exact) mass is 225 g/mol. The largest absolute Gasteiger partial charge is 0.372 e. The minimum absolute atomic E-state index is 0.500. The van der Waals surface area contributed by atoms with E-state index in [1.807, 2.05) is 0 Å². The third-order valence-electron chi connectivity index (χ3n) is 3.14. The summed E-state index contributed by atoms with van der Waals surface area (Å²) in [4.78, 5) is 2.31. The van der Waals surface area contributed by atoms with Gasteiger partial charge in [-0.25, -0.2) is 0 Å². The van der Waals surface area contributed by atoms with Gasteiger partial charge in [-0.3, -0.25) is 0 Å². The van der Waals surface area contributed by atoms with Crippen LogP contribution in [0.2, 0.25) is 0 Å². The molecule has 88 valence electrons. The first-order valence-electron chi connectivity index (χ1n) is 6.07. The van der Waals surface area contributed by atoms with E-state index < -0.39 is 0 Å². The Morgan fingerprint density at radius 2 is 1.41 bits per heavy atom. The third-order valence-corrected chi connectivity index (χ3v) is 3.14. The van der Waals surface area contributed by atoms with Crippen LogP contribution < -0.4 is 4.90 Å². The molecule has 0 unspecified atom stereocenters. The highest BCUT2D eigenvalue weighted by Crippen LogP contribution is 2.30. The van der Waals surface area contributed by atoms with Crippen LogP contribution in [0.15, 0.2) is 54.6 Å². The number of hydrogen-bond acceptors (Lipinski definition) is 1. The summed E-state index contributed by atoms with van der Waals surface area (Å²) in [5.74, 6) is 0. The van der Waals surface area contributed by atoms with Crippen LogP contribution in [0.4, 0.5) is 5.69 Å². The third kappa shape index (κ3) is 2.50. The molecule has 0 saturated carbocycles. The van der Waals surface area contributed by atoms with Crippen molar-refractivity contribution in [2.24, 2.45) is 0 Å². The zero-order valence-corrected chi connectivity index (χ0v) is 10.7. The average molecular weight is 225 g/mol. The van der Waals surface area contributed by atoms with Gasteiger partial charge in [-0.05, 0) is 25.5 Å². The van der Waals surface area contributed by atoms with Gasteiger partial charge in [0, 0.05) is 24.3 Å².